The molecule has 0 amide bonds. The highest BCUT2D eigenvalue weighted by Gasteiger charge is 2.20. The number of methoxy groups -OCH3 is 1. The Morgan fingerprint density at radius 2 is 1.55 bits per heavy atom. The number of aryl methyl sites for hydroxylation is 2. The second kappa shape index (κ2) is 8.78. The Labute approximate surface area is 187 Å². The summed E-state index contributed by atoms with van der Waals surface area (Å²) in [6.45, 7) is 4.58. The lowest BCUT2D eigenvalue weighted by Gasteiger charge is -2.10. The molecule has 0 fully saturated rings. The summed E-state index contributed by atoms with van der Waals surface area (Å²) in [4.78, 5) is 11.9. The zero-order chi connectivity index (χ0) is 22.0. The first kappa shape index (κ1) is 20.9. The molecule has 4 rings (SSSR count). The third kappa shape index (κ3) is 4.39. The molecule has 3 aromatic carbocycles. The quantitative estimate of drug-likeness (QED) is 0.348. The molecule has 0 unspecified atom stereocenters. The lowest BCUT2D eigenvalue weighted by Crippen LogP contribution is -2.06. The van der Waals surface area contributed by atoms with E-state index in [2.05, 4.69) is 50.2 Å². The predicted octanol–water partition coefficient (Wildman–Crippen LogP) is 6.32. The minimum atomic E-state index is -0.362. The van der Waals surface area contributed by atoms with Crippen molar-refractivity contribution in [3.8, 4) is 22.5 Å². The van der Waals surface area contributed by atoms with Gasteiger partial charge in [-0.15, -0.1) is 0 Å². The lowest BCUT2D eigenvalue weighted by atomic mass is 10.1. The number of halogens is 1. The maximum absolute atomic E-state index is 11.9. The normalized spacial score (nSPS) is 10.8. The van der Waals surface area contributed by atoms with Crippen LogP contribution in [0.4, 0.5) is 0 Å². The van der Waals surface area contributed by atoms with Crippen LogP contribution in [-0.4, -0.2) is 22.9 Å². The van der Waals surface area contributed by atoms with Gasteiger partial charge in [-0.2, -0.15) is 5.10 Å². The Balaban J connectivity index is 1.82. The molecular formula is C26H23ClN2O2. The molecule has 0 N–H and O–H groups in total. The van der Waals surface area contributed by atoms with Crippen LogP contribution in [0.3, 0.4) is 0 Å². The molecule has 0 saturated heterocycles. The van der Waals surface area contributed by atoms with Crippen LogP contribution < -0.4 is 0 Å². The van der Waals surface area contributed by atoms with E-state index in [1.54, 1.807) is 6.07 Å². The van der Waals surface area contributed by atoms with Gasteiger partial charge in [-0.05, 0) is 31.5 Å². The lowest BCUT2D eigenvalue weighted by molar-refractivity contribution is 0.0600. The fourth-order valence-corrected chi connectivity index (χ4v) is 3.88. The Kier molecular flexibility index (Phi) is 5.92. The molecule has 31 heavy (non-hydrogen) atoms. The number of carbonyl (C=O) groups is 1. The fraction of sp³-hybridized carbons (Fsp3) is 0.154. The number of ether oxygens (including phenoxy) is 1. The highest BCUT2D eigenvalue weighted by atomic mass is 35.5. The topological polar surface area (TPSA) is 44.1 Å². The minimum Gasteiger partial charge on any atom is -0.465 e. The first-order valence-corrected chi connectivity index (χ1v) is 10.4. The van der Waals surface area contributed by atoms with Gasteiger partial charge in [0, 0.05) is 11.1 Å². The molecule has 0 aliphatic rings. The molecule has 5 heteroatoms. The van der Waals surface area contributed by atoms with Crippen LogP contribution in [0.5, 0.6) is 0 Å². The Bertz CT molecular complexity index is 1230. The van der Waals surface area contributed by atoms with Gasteiger partial charge in [0.2, 0.25) is 0 Å². The summed E-state index contributed by atoms with van der Waals surface area (Å²) >= 11 is 6.89. The summed E-state index contributed by atoms with van der Waals surface area (Å²) < 4.78 is 6.76. The zero-order valence-electron chi connectivity index (χ0n) is 17.7. The van der Waals surface area contributed by atoms with Crippen molar-refractivity contribution >= 4 is 17.6 Å². The van der Waals surface area contributed by atoms with Gasteiger partial charge in [0.15, 0.2) is 0 Å². The molecule has 0 aliphatic heterocycles. The summed E-state index contributed by atoms with van der Waals surface area (Å²) in [5, 5.41) is 5.48. The average Bonchev–Trinajstić information content (AvgIpc) is 3.10. The predicted molar refractivity (Wildman–Crippen MR) is 124 cm³/mol. The number of rotatable bonds is 5. The number of aromatic nitrogens is 2. The zero-order valence-corrected chi connectivity index (χ0v) is 18.5. The van der Waals surface area contributed by atoms with E-state index >= 15 is 0 Å². The molecule has 0 radical (unpaired) electrons. The third-order valence-corrected chi connectivity index (χ3v) is 5.58. The van der Waals surface area contributed by atoms with Crippen LogP contribution in [-0.2, 0) is 11.3 Å². The number of esters is 1. The van der Waals surface area contributed by atoms with Crippen LogP contribution in [0, 0.1) is 13.8 Å². The molecule has 1 heterocycles. The number of nitrogens with zero attached hydrogens (tertiary/aromatic N) is 2. The molecule has 4 nitrogen and oxygen atoms in total. The molecule has 0 spiro atoms. The van der Waals surface area contributed by atoms with Crippen LogP contribution in [0.25, 0.3) is 22.5 Å². The third-order valence-electron chi connectivity index (χ3n) is 5.23. The molecule has 0 saturated carbocycles. The highest BCUT2D eigenvalue weighted by Crippen LogP contribution is 2.37. The van der Waals surface area contributed by atoms with Crippen LogP contribution in [0.1, 0.15) is 27.0 Å². The van der Waals surface area contributed by atoms with E-state index in [1.807, 2.05) is 35.0 Å². The van der Waals surface area contributed by atoms with Crippen molar-refractivity contribution in [2.24, 2.45) is 0 Å². The van der Waals surface area contributed by atoms with Crippen LogP contribution >= 0.6 is 11.6 Å². The Morgan fingerprint density at radius 1 is 0.935 bits per heavy atom. The van der Waals surface area contributed by atoms with Crippen molar-refractivity contribution in [1.82, 2.24) is 9.78 Å². The largest absolute Gasteiger partial charge is 0.465 e. The van der Waals surface area contributed by atoms with Crippen molar-refractivity contribution in [3.63, 3.8) is 0 Å². The molecule has 0 bridgehead atoms. The first-order chi connectivity index (χ1) is 15.0. The van der Waals surface area contributed by atoms with Crippen LogP contribution in [0.2, 0.25) is 5.02 Å². The number of carbonyl (C=O) groups excluding carboxylic acids is 1. The van der Waals surface area contributed by atoms with Gasteiger partial charge in [0.05, 0.1) is 29.9 Å². The second-order valence-electron chi connectivity index (χ2n) is 7.59. The van der Waals surface area contributed by atoms with Gasteiger partial charge in [-0.3, -0.25) is 4.68 Å². The van der Waals surface area contributed by atoms with Gasteiger partial charge in [0.25, 0.3) is 0 Å². The molecule has 0 atom stereocenters. The molecule has 156 valence electrons. The SMILES string of the molecule is COC(=O)c1cccc(Cn2nc(-c3ccc(C)cc3)c(Cl)c2-c2ccc(C)cc2)c1. The smallest absolute Gasteiger partial charge is 0.337 e. The van der Waals surface area contributed by atoms with Gasteiger partial charge in [0.1, 0.15) is 5.69 Å². The van der Waals surface area contributed by atoms with Crippen LogP contribution in [0.15, 0.2) is 72.8 Å². The van der Waals surface area contributed by atoms with Crippen molar-refractivity contribution in [2.75, 3.05) is 7.11 Å². The summed E-state index contributed by atoms with van der Waals surface area (Å²) in [6, 6.07) is 23.8. The van der Waals surface area contributed by atoms with Crippen molar-refractivity contribution in [3.05, 3.63) is 100 Å². The standard InChI is InChI=1S/C26H23ClN2O2/c1-17-7-11-20(12-8-17)24-23(27)25(21-13-9-18(2)10-14-21)29(28-24)16-19-5-4-6-22(15-19)26(30)31-3/h4-15H,16H2,1-3H3. The van der Waals surface area contributed by atoms with Crippen molar-refractivity contribution in [2.45, 2.75) is 20.4 Å². The fourth-order valence-electron chi connectivity index (χ4n) is 3.52. The Morgan fingerprint density at radius 3 is 2.16 bits per heavy atom. The molecule has 0 aliphatic carbocycles. The van der Waals surface area contributed by atoms with Gasteiger partial charge in [-0.25, -0.2) is 4.79 Å². The molecular weight excluding hydrogens is 408 g/mol. The minimum absolute atomic E-state index is 0.362. The van der Waals surface area contributed by atoms with E-state index < -0.39 is 0 Å². The second-order valence-corrected chi connectivity index (χ2v) is 7.97. The maximum atomic E-state index is 11.9. The first-order valence-electron chi connectivity index (χ1n) is 10.0. The van der Waals surface area contributed by atoms with E-state index in [9.17, 15) is 4.79 Å². The van der Waals surface area contributed by atoms with E-state index in [-0.39, 0.29) is 5.97 Å². The van der Waals surface area contributed by atoms with Gasteiger partial charge < -0.3 is 4.74 Å². The van der Waals surface area contributed by atoms with Gasteiger partial charge in [-0.1, -0.05) is 83.4 Å². The Hall–Kier alpha value is -3.37. The average molecular weight is 431 g/mol. The molecule has 1 aromatic heterocycles. The van der Waals surface area contributed by atoms with E-state index in [4.69, 9.17) is 21.4 Å². The van der Waals surface area contributed by atoms with Gasteiger partial charge >= 0.3 is 5.97 Å². The summed E-state index contributed by atoms with van der Waals surface area (Å²) in [5.74, 6) is -0.362. The highest BCUT2D eigenvalue weighted by molar-refractivity contribution is 6.35. The number of hydrogen-bond acceptors (Lipinski definition) is 3. The number of benzene rings is 3. The molecule has 4 aromatic rings. The maximum Gasteiger partial charge on any atom is 0.337 e. The van der Waals surface area contributed by atoms with E-state index in [1.165, 1.54) is 18.2 Å². The van der Waals surface area contributed by atoms with E-state index in [0.717, 1.165) is 28.1 Å². The summed E-state index contributed by atoms with van der Waals surface area (Å²) in [7, 11) is 1.38. The van der Waals surface area contributed by atoms with E-state index in [0.29, 0.717) is 17.1 Å². The summed E-state index contributed by atoms with van der Waals surface area (Å²) in [6.07, 6.45) is 0. The number of hydrogen-bond donors (Lipinski definition) is 0. The monoisotopic (exact) mass is 430 g/mol. The summed E-state index contributed by atoms with van der Waals surface area (Å²) in [5.41, 5.74) is 7.34. The van der Waals surface area contributed by atoms with Crippen molar-refractivity contribution < 1.29 is 9.53 Å². The van der Waals surface area contributed by atoms with Crippen molar-refractivity contribution in [1.29, 1.82) is 0 Å².